The van der Waals surface area contributed by atoms with Gasteiger partial charge in [-0.1, -0.05) is 0 Å². The van der Waals surface area contributed by atoms with E-state index in [1.165, 1.54) is 6.07 Å². The van der Waals surface area contributed by atoms with Gasteiger partial charge in [-0.3, -0.25) is 9.48 Å². The number of aromatic nitrogens is 2. The molecule has 3 aromatic rings. The lowest BCUT2D eigenvalue weighted by molar-refractivity contribution is 0.0379. The second-order valence-corrected chi connectivity index (χ2v) is 7.88. The van der Waals surface area contributed by atoms with E-state index in [0.29, 0.717) is 17.9 Å². The van der Waals surface area contributed by atoms with Crippen LogP contribution >= 0.6 is 11.3 Å². The molecule has 31 heavy (non-hydrogen) atoms. The van der Waals surface area contributed by atoms with Gasteiger partial charge in [0.25, 0.3) is 5.91 Å². The molecule has 0 aliphatic carbocycles. The summed E-state index contributed by atoms with van der Waals surface area (Å²) in [5.41, 5.74) is 0.515. The fourth-order valence-electron chi connectivity index (χ4n) is 2.81. The highest BCUT2D eigenvalue weighted by atomic mass is 32.1. The Hall–Kier alpha value is -3.40. The fourth-order valence-corrected chi connectivity index (χ4v) is 3.90. The van der Waals surface area contributed by atoms with Gasteiger partial charge in [0.2, 0.25) is 0 Å². The van der Waals surface area contributed by atoms with Crippen LogP contribution < -0.4 is 5.32 Å². The zero-order valence-electron chi connectivity index (χ0n) is 17.6. The first kappa shape index (κ1) is 22.3. The molecule has 0 saturated heterocycles. The van der Waals surface area contributed by atoms with Gasteiger partial charge in [-0.15, -0.1) is 11.3 Å². The van der Waals surface area contributed by atoms with Crippen LogP contribution in [0.4, 0.5) is 5.00 Å². The molecular formula is C21H23N3O6S. The average Bonchev–Trinajstić information content (AvgIpc) is 3.43. The smallest absolute Gasteiger partial charge is 0.348 e. The van der Waals surface area contributed by atoms with Crippen molar-refractivity contribution in [1.82, 2.24) is 9.78 Å². The van der Waals surface area contributed by atoms with E-state index in [4.69, 9.17) is 13.9 Å². The van der Waals surface area contributed by atoms with Gasteiger partial charge in [-0.25, -0.2) is 9.59 Å². The molecule has 0 fully saturated rings. The number of nitrogens with one attached hydrogen (secondary N) is 1. The fraction of sp³-hybridized carbons (Fsp3) is 0.333. The van der Waals surface area contributed by atoms with E-state index in [1.54, 1.807) is 56.9 Å². The van der Waals surface area contributed by atoms with Gasteiger partial charge in [0, 0.05) is 12.4 Å². The monoisotopic (exact) mass is 445 g/mol. The number of thiophene rings is 1. The zero-order valence-corrected chi connectivity index (χ0v) is 18.4. The SMILES string of the molecule is CCOC(=O)c1sc(NC(=O)c2ccc(Cn3cccn3)o2)c(C(=O)OC(C)C)c1C. The number of amides is 1. The van der Waals surface area contributed by atoms with Gasteiger partial charge in [-0.05, 0) is 51.5 Å². The molecule has 1 amide bonds. The molecule has 0 aliphatic rings. The van der Waals surface area contributed by atoms with Crippen LogP contribution in [-0.2, 0) is 16.0 Å². The molecule has 0 aliphatic heterocycles. The van der Waals surface area contributed by atoms with E-state index in [0.717, 1.165) is 11.3 Å². The van der Waals surface area contributed by atoms with Crippen LogP contribution in [0.25, 0.3) is 0 Å². The normalized spacial score (nSPS) is 10.9. The highest BCUT2D eigenvalue weighted by Crippen LogP contribution is 2.35. The molecule has 0 radical (unpaired) electrons. The first-order chi connectivity index (χ1) is 14.8. The Morgan fingerprint density at radius 1 is 1.26 bits per heavy atom. The maximum Gasteiger partial charge on any atom is 0.348 e. The summed E-state index contributed by atoms with van der Waals surface area (Å²) < 4.78 is 17.6. The third kappa shape index (κ3) is 5.21. The lowest BCUT2D eigenvalue weighted by Gasteiger charge is -2.10. The number of anilines is 1. The Balaban J connectivity index is 1.86. The predicted molar refractivity (Wildman–Crippen MR) is 114 cm³/mol. The van der Waals surface area contributed by atoms with Gasteiger partial charge in [0.15, 0.2) is 5.76 Å². The number of hydrogen-bond donors (Lipinski definition) is 1. The second-order valence-electron chi connectivity index (χ2n) is 6.86. The summed E-state index contributed by atoms with van der Waals surface area (Å²) in [7, 11) is 0. The van der Waals surface area contributed by atoms with Crippen molar-refractivity contribution in [1.29, 1.82) is 0 Å². The van der Waals surface area contributed by atoms with Crippen LogP contribution in [0.3, 0.4) is 0 Å². The molecule has 0 aromatic carbocycles. The van der Waals surface area contributed by atoms with Gasteiger partial charge < -0.3 is 19.2 Å². The largest absolute Gasteiger partial charge is 0.462 e. The number of esters is 2. The van der Waals surface area contributed by atoms with Crippen molar-refractivity contribution in [2.45, 2.75) is 40.3 Å². The third-order valence-electron chi connectivity index (χ3n) is 4.14. The van der Waals surface area contributed by atoms with E-state index < -0.39 is 17.8 Å². The molecular weight excluding hydrogens is 422 g/mol. The highest BCUT2D eigenvalue weighted by Gasteiger charge is 2.28. The summed E-state index contributed by atoms with van der Waals surface area (Å²) in [6, 6.07) is 5.00. The number of hydrogen-bond acceptors (Lipinski definition) is 8. The number of nitrogens with zero attached hydrogens (tertiary/aromatic N) is 2. The standard InChI is InChI=1S/C21H23N3O6S/c1-5-28-21(27)17-13(4)16(20(26)29-12(2)3)19(31-17)23-18(25)15-8-7-14(30-15)11-24-10-6-9-22-24/h6-10,12H,5,11H2,1-4H3,(H,23,25). The maximum atomic E-state index is 12.8. The summed E-state index contributed by atoms with van der Waals surface area (Å²) in [6.45, 7) is 7.30. The van der Waals surface area contributed by atoms with Crippen molar-refractivity contribution in [3.8, 4) is 0 Å². The molecule has 164 valence electrons. The Kier molecular flexibility index (Phi) is 6.91. The molecule has 0 saturated carbocycles. The molecule has 1 N–H and O–H groups in total. The van der Waals surface area contributed by atoms with Gasteiger partial charge >= 0.3 is 11.9 Å². The third-order valence-corrected chi connectivity index (χ3v) is 5.33. The van der Waals surface area contributed by atoms with Crippen molar-refractivity contribution in [2.75, 3.05) is 11.9 Å². The summed E-state index contributed by atoms with van der Waals surface area (Å²) in [4.78, 5) is 37.9. The number of furan rings is 1. The molecule has 9 nitrogen and oxygen atoms in total. The van der Waals surface area contributed by atoms with Crippen LogP contribution in [0.5, 0.6) is 0 Å². The summed E-state index contributed by atoms with van der Waals surface area (Å²) in [5.74, 6) is -1.14. The van der Waals surface area contributed by atoms with E-state index in [9.17, 15) is 14.4 Å². The molecule has 3 heterocycles. The Bertz CT molecular complexity index is 1080. The van der Waals surface area contributed by atoms with Crippen LogP contribution in [0.15, 0.2) is 35.0 Å². The quantitative estimate of drug-likeness (QED) is 0.523. The molecule has 0 bridgehead atoms. The summed E-state index contributed by atoms with van der Waals surface area (Å²) >= 11 is 0.960. The highest BCUT2D eigenvalue weighted by molar-refractivity contribution is 7.18. The molecule has 3 rings (SSSR count). The first-order valence-electron chi connectivity index (χ1n) is 9.69. The Morgan fingerprint density at radius 2 is 2.03 bits per heavy atom. The predicted octanol–water partition coefficient (Wildman–Crippen LogP) is 3.89. The van der Waals surface area contributed by atoms with Crippen LogP contribution in [0, 0.1) is 6.92 Å². The maximum absolute atomic E-state index is 12.8. The Morgan fingerprint density at radius 3 is 2.68 bits per heavy atom. The minimum Gasteiger partial charge on any atom is -0.462 e. The first-order valence-corrected chi connectivity index (χ1v) is 10.5. The molecule has 0 atom stereocenters. The van der Waals surface area contributed by atoms with Crippen molar-refractivity contribution in [2.24, 2.45) is 0 Å². The number of carbonyl (C=O) groups is 3. The van der Waals surface area contributed by atoms with E-state index in [2.05, 4.69) is 10.4 Å². The van der Waals surface area contributed by atoms with Crippen molar-refractivity contribution < 1.29 is 28.3 Å². The topological polar surface area (TPSA) is 113 Å². The minimum atomic E-state index is -0.631. The average molecular weight is 445 g/mol. The van der Waals surface area contributed by atoms with E-state index in [1.807, 2.05) is 0 Å². The van der Waals surface area contributed by atoms with Crippen molar-refractivity contribution >= 4 is 34.2 Å². The molecule has 0 unspecified atom stereocenters. The summed E-state index contributed by atoms with van der Waals surface area (Å²) in [5, 5.41) is 6.96. The van der Waals surface area contributed by atoms with Crippen molar-refractivity contribution in [3.05, 3.63) is 58.1 Å². The summed E-state index contributed by atoms with van der Waals surface area (Å²) in [6.07, 6.45) is 3.06. The second kappa shape index (κ2) is 9.61. The minimum absolute atomic E-state index is 0.0640. The van der Waals surface area contributed by atoms with Crippen LogP contribution in [-0.4, -0.2) is 40.3 Å². The lowest BCUT2D eigenvalue weighted by Crippen LogP contribution is -2.16. The van der Waals surface area contributed by atoms with Crippen molar-refractivity contribution in [3.63, 3.8) is 0 Å². The van der Waals surface area contributed by atoms with Gasteiger partial charge in [-0.2, -0.15) is 5.10 Å². The van der Waals surface area contributed by atoms with Crippen LogP contribution in [0.1, 0.15) is 62.7 Å². The number of ether oxygens (including phenoxy) is 2. The Labute approximate surface area is 182 Å². The van der Waals surface area contributed by atoms with E-state index in [-0.39, 0.29) is 33.9 Å². The molecule has 10 heteroatoms. The lowest BCUT2D eigenvalue weighted by atomic mass is 10.1. The molecule has 0 spiro atoms. The van der Waals surface area contributed by atoms with E-state index >= 15 is 0 Å². The molecule has 3 aromatic heterocycles. The van der Waals surface area contributed by atoms with Crippen LogP contribution in [0.2, 0.25) is 0 Å². The zero-order chi connectivity index (χ0) is 22.5. The van der Waals surface area contributed by atoms with Gasteiger partial charge in [0.1, 0.15) is 15.6 Å². The van der Waals surface area contributed by atoms with Gasteiger partial charge in [0.05, 0.1) is 24.8 Å². The number of carbonyl (C=O) groups excluding carboxylic acids is 3. The number of rotatable bonds is 8.